The van der Waals surface area contributed by atoms with Crippen LogP contribution in [0.2, 0.25) is 5.02 Å². The Labute approximate surface area is 215 Å². The van der Waals surface area contributed by atoms with Crippen molar-refractivity contribution < 1.29 is 14.0 Å². The van der Waals surface area contributed by atoms with E-state index in [9.17, 15) is 14.0 Å². The highest BCUT2D eigenvalue weighted by atomic mass is 35.5. The third-order valence-electron chi connectivity index (χ3n) is 7.37. The number of anilines is 4. The number of carbonyl (C=O) groups excluding carboxylic acids is 2. The molecule has 1 spiro atoms. The molecule has 3 heterocycles. The van der Waals surface area contributed by atoms with E-state index in [1.54, 1.807) is 18.1 Å². The van der Waals surface area contributed by atoms with Gasteiger partial charge in [-0.15, -0.1) is 0 Å². The molecule has 1 saturated carbocycles. The Morgan fingerprint density at radius 2 is 2.03 bits per heavy atom. The molecule has 2 N–H and O–H groups in total. The highest BCUT2D eigenvalue weighted by Gasteiger charge is 2.54. The number of fused-ring (bicyclic) bond motifs is 1. The number of benzene rings is 1. The molecule has 1 atom stereocenters. The van der Waals surface area contributed by atoms with Gasteiger partial charge in [-0.2, -0.15) is 4.98 Å². The summed E-state index contributed by atoms with van der Waals surface area (Å²) >= 11 is 6.44. The molecule has 0 unspecified atom stereocenters. The summed E-state index contributed by atoms with van der Waals surface area (Å²) in [4.78, 5) is 40.6. The number of hydrogen-bond acceptors (Lipinski definition) is 7. The van der Waals surface area contributed by atoms with E-state index < -0.39 is 11.7 Å². The van der Waals surface area contributed by atoms with Gasteiger partial charge in [0.1, 0.15) is 11.5 Å². The Balaban J connectivity index is 1.40. The first-order chi connectivity index (χ1) is 17.1. The number of nitrogens with one attached hydrogen (secondary N) is 2. The van der Waals surface area contributed by atoms with Gasteiger partial charge in [0.05, 0.1) is 27.9 Å². The quantitative estimate of drug-likeness (QED) is 0.630. The van der Waals surface area contributed by atoms with E-state index in [0.717, 1.165) is 32.4 Å². The van der Waals surface area contributed by atoms with Crippen molar-refractivity contribution in [3.05, 3.63) is 34.7 Å². The number of aromatic nitrogens is 2. The van der Waals surface area contributed by atoms with Gasteiger partial charge < -0.3 is 25.3 Å². The van der Waals surface area contributed by atoms with Crippen LogP contribution in [0.5, 0.6) is 0 Å². The lowest BCUT2D eigenvalue weighted by atomic mass is 10.1. The number of rotatable bonds is 5. The fraction of sp³-hybridized carbons (Fsp3) is 0.520. The van der Waals surface area contributed by atoms with E-state index >= 15 is 0 Å². The summed E-state index contributed by atoms with van der Waals surface area (Å²) in [6.07, 6.45) is 4.14. The lowest BCUT2D eigenvalue weighted by Gasteiger charge is -2.29. The second kappa shape index (κ2) is 9.15. The Morgan fingerprint density at radius 3 is 2.67 bits per heavy atom. The molecule has 2 amide bonds. The summed E-state index contributed by atoms with van der Waals surface area (Å²) in [5.41, 5.74) is 0.400. The molecule has 1 saturated heterocycles. The summed E-state index contributed by atoms with van der Waals surface area (Å²) in [7, 11) is 3.73. The van der Waals surface area contributed by atoms with Gasteiger partial charge in [0.15, 0.2) is 5.82 Å². The molecular formula is C25H31ClFN7O2. The molecule has 5 rings (SSSR count). The van der Waals surface area contributed by atoms with Crippen molar-refractivity contribution in [2.24, 2.45) is 5.41 Å². The molecule has 192 valence electrons. The average Bonchev–Trinajstić information content (AvgIpc) is 3.53. The normalized spacial score (nSPS) is 21.1. The SMILES string of the molecule is CC(C)N1CC2(CC2)C(=O)N(C)c2cnc(Nc3cc(F)c(C(=O)N[C@@H]4CCN(C)C4)cc3Cl)nc21. The number of amides is 2. The zero-order valence-electron chi connectivity index (χ0n) is 20.9. The lowest BCUT2D eigenvalue weighted by molar-refractivity contribution is -0.122. The minimum Gasteiger partial charge on any atom is -0.351 e. The van der Waals surface area contributed by atoms with Crippen LogP contribution in [0, 0.1) is 11.2 Å². The van der Waals surface area contributed by atoms with Crippen LogP contribution in [0.3, 0.4) is 0 Å². The minimum absolute atomic E-state index is 0.0184. The first-order valence-electron chi connectivity index (χ1n) is 12.3. The van der Waals surface area contributed by atoms with Crippen molar-refractivity contribution >= 4 is 46.6 Å². The number of likely N-dealkylation sites (N-methyl/N-ethyl adjacent to an activating group) is 1. The molecule has 1 aromatic heterocycles. The monoisotopic (exact) mass is 515 g/mol. The first kappa shape index (κ1) is 24.7. The van der Waals surface area contributed by atoms with Crippen molar-refractivity contribution in [1.82, 2.24) is 20.2 Å². The molecule has 2 aromatic rings. The highest BCUT2D eigenvalue weighted by Crippen LogP contribution is 2.52. The largest absolute Gasteiger partial charge is 0.351 e. The van der Waals surface area contributed by atoms with Gasteiger partial charge in [-0.25, -0.2) is 9.37 Å². The van der Waals surface area contributed by atoms with Gasteiger partial charge in [0, 0.05) is 32.2 Å². The molecule has 36 heavy (non-hydrogen) atoms. The second-order valence-corrected chi connectivity index (χ2v) is 10.8. The minimum atomic E-state index is -0.690. The fourth-order valence-corrected chi connectivity index (χ4v) is 5.22. The van der Waals surface area contributed by atoms with Crippen LogP contribution in [0.25, 0.3) is 0 Å². The smallest absolute Gasteiger partial charge is 0.254 e. The third kappa shape index (κ3) is 4.48. The molecule has 0 radical (unpaired) electrons. The van der Waals surface area contributed by atoms with Crippen LogP contribution in [0.1, 0.15) is 43.5 Å². The number of hydrogen-bond donors (Lipinski definition) is 2. The maximum Gasteiger partial charge on any atom is 0.254 e. The van der Waals surface area contributed by atoms with Crippen LogP contribution in [-0.2, 0) is 4.79 Å². The van der Waals surface area contributed by atoms with Crippen LogP contribution < -0.4 is 20.4 Å². The Morgan fingerprint density at radius 1 is 1.28 bits per heavy atom. The van der Waals surface area contributed by atoms with Gasteiger partial charge in [-0.1, -0.05) is 11.6 Å². The van der Waals surface area contributed by atoms with E-state index in [1.165, 1.54) is 12.1 Å². The van der Waals surface area contributed by atoms with Gasteiger partial charge in [-0.3, -0.25) is 9.59 Å². The first-order valence-corrected chi connectivity index (χ1v) is 12.6. The van der Waals surface area contributed by atoms with Crippen LogP contribution >= 0.6 is 11.6 Å². The number of halogens is 2. The topological polar surface area (TPSA) is 93.7 Å². The summed E-state index contributed by atoms with van der Waals surface area (Å²) in [6.45, 7) is 6.32. The molecule has 1 aromatic carbocycles. The Bertz CT molecular complexity index is 1220. The second-order valence-electron chi connectivity index (χ2n) is 10.4. The van der Waals surface area contributed by atoms with E-state index in [1.807, 2.05) is 7.05 Å². The summed E-state index contributed by atoms with van der Waals surface area (Å²) < 4.78 is 15.0. The predicted octanol–water partition coefficient (Wildman–Crippen LogP) is 3.42. The van der Waals surface area contributed by atoms with E-state index in [4.69, 9.17) is 16.6 Å². The molecular weight excluding hydrogens is 485 g/mol. The Hall–Kier alpha value is -2.98. The molecule has 1 aliphatic carbocycles. The summed E-state index contributed by atoms with van der Waals surface area (Å²) in [5.74, 6) is -0.239. The number of nitrogens with zero attached hydrogens (tertiary/aromatic N) is 5. The van der Waals surface area contributed by atoms with Gasteiger partial charge in [-0.05, 0) is 58.8 Å². The van der Waals surface area contributed by atoms with Crippen molar-refractivity contribution in [3.8, 4) is 0 Å². The van der Waals surface area contributed by atoms with Crippen LogP contribution in [-0.4, -0.2) is 72.5 Å². The standard InChI is InChI=1S/C25H31ClFN7O2/c1-14(2)34-13-25(6-7-25)23(36)33(4)20-11-28-24(31-21(20)34)30-19-10-18(27)16(9-17(19)26)22(35)29-15-5-8-32(3)12-15/h9-11,14-15H,5-8,12-13H2,1-4H3,(H,29,35)(H,28,30,31)/t15-/m1/s1. The molecule has 9 nitrogen and oxygen atoms in total. The molecule has 3 aliphatic rings. The number of carbonyl (C=O) groups is 2. The molecule has 0 bridgehead atoms. The molecule has 11 heteroatoms. The fourth-order valence-electron chi connectivity index (χ4n) is 5.01. The van der Waals surface area contributed by atoms with E-state index in [2.05, 4.69) is 39.3 Å². The van der Waals surface area contributed by atoms with Crippen molar-refractivity contribution in [1.29, 1.82) is 0 Å². The van der Waals surface area contributed by atoms with E-state index in [-0.39, 0.29) is 45.6 Å². The van der Waals surface area contributed by atoms with Crippen molar-refractivity contribution in [2.75, 3.05) is 48.8 Å². The highest BCUT2D eigenvalue weighted by molar-refractivity contribution is 6.33. The van der Waals surface area contributed by atoms with Gasteiger partial charge >= 0.3 is 0 Å². The number of likely N-dealkylation sites (tertiary alicyclic amines) is 1. The zero-order valence-corrected chi connectivity index (χ0v) is 21.7. The van der Waals surface area contributed by atoms with Crippen molar-refractivity contribution in [2.45, 2.75) is 45.2 Å². The summed E-state index contributed by atoms with van der Waals surface area (Å²) in [5, 5.41) is 6.04. The van der Waals surface area contributed by atoms with Crippen LogP contribution in [0.4, 0.5) is 27.5 Å². The van der Waals surface area contributed by atoms with Crippen LogP contribution in [0.15, 0.2) is 18.3 Å². The lowest BCUT2D eigenvalue weighted by Crippen LogP contribution is -2.40. The zero-order chi connectivity index (χ0) is 25.8. The maximum atomic E-state index is 15.0. The summed E-state index contributed by atoms with van der Waals surface area (Å²) in [6, 6.07) is 2.60. The van der Waals surface area contributed by atoms with Crippen molar-refractivity contribution in [3.63, 3.8) is 0 Å². The average molecular weight is 516 g/mol. The third-order valence-corrected chi connectivity index (χ3v) is 7.68. The molecule has 2 fully saturated rings. The van der Waals surface area contributed by atoms with Gasteiger partial charge in [0.2, 0.25) is 11.9 Å². The van der Waals surface area contributed by atoms with E-state index in [0.29, 0.717) is 18.1 Å². The maximum absolute atomic E-state index is 15.0. The molecule has 2 aliphatic heterocycles. The van der Waals surface area contributed by atoms with Gasteiger partial charge in [0.25, 0.3) is 5.91 Å². The predicted molar refractivity (Wildman–Crippen MR) is 138 cm³/mol. The Kier molecular flexibility index (Phi) is 6.28.